The van der Waals surface area contributed by atoms with Crippen LogP contribution >= 0.6 is 0 Å². The highest BCUT2D eigenvalue weighted by Crippen LogP contribution is 2.22. The highest BCUT2D eigenvalue weighted by molar-refractivity contribution is 5.79. The number of nitrogens with one attached hydrogen (secondary N) is 2. The normalized spacial score (nSPS) is 13.4. The summed E-state index contributed by atoms with van der Waals surface area (Å²) >= 11 is 0. The number of ether oxygens (including phenoxy) is 1. The molecule has 1 aliphatic rings. The van der Waals surface area contributed by atoms with Crippen LogP contribution in [0.1, 0.15) is 62.3 Å². The van der Waals surface area contributed by atoms with Crippen molar-refractivity contribution in [2.75, 3.05) is 13.2 Å². The number of fused-ring (bicyclic) bond motifs is 1. The van der Waals surface area contributed by atoms with Crippen LogP contribution in [0.15, 0.2) is 23.2 Å². The van der Waals surface area contributed by atoms with Crippen LogP contribution in [0.5, 0.6) is 5.75 Å². The maximum absolute atomic E-state index is 6.05. The summed E-state index contributed by atoms with van der Waals surface area (Å²) in [5.41, 5.74) is 2.31. The first-order valence-corrected chi connectivity index (χ1v) is 10.9. The number of unbranched alkanes of at least 4 members (excludes halogenated alkanes) is 2. The molecule has 0 unspecified atom stereocenters. The SMILES string of the molecule is CCCCCOc1cc(C)ccc1CN=C(NCC)NCc1nnc2n1CCC2. The van der Waals surface area contributed by atoms with Gasteiger partial charge in [-0.15, -0.1) is 10.2 Å². The van der Waals surface area contributed by atoms with E-state index >= 15 is 0 Å². The van der Waals surface area contributed by atoms with Crippen LogP contribution < -0.4 is 15.4 Å². The lowest BCUT2D eigenvalue weighted by molar-refractivity contribution is 0.303. The van der Waals surface area contributed by atoms with Gasteiger partial charge >= 0.3 is 0 Å². The van der Waals surface area contributed by atoms with Crippen LogP contribution in [0.2, 0.25) is 0 Å². The first kappa shape index (κ1) is 21.1. The number of aliphatic imine (C=N–C) groups is 1. The van der Waals surface area contributed by atoms with E-state index in [1.165, 1.54) is 18.4 Å². The Bertz CT molecular complexity index is 814. The molecule has 7 nitrogen and oxygen atoms in total. The van der Waals surface area contributed by atoms with Crippen LogP contribution in [0.3, 0.4) is 0 Å². The summed E-state index contributed by atoms with van der Waals surface area (Å²) < 4.78 is 8.26. The van der Waals surface area contributed by atoms with Crippen molar-refractivity contribution in [1.29, 1.82) is 0 Å². The molecular weight excluding hydrogens is 364 g/mol. The number of hydrogen-bond acceptors (Lipinski definition) is 4. The van der Waals surface area contributed by atoms with Crippen molar-refractivity contribution >= 4 is 5.96 Å². The second-order valence-electron chi connectivity index (χ2n) is 7.50. The molecule has 3 rings (SSSR count). The second-order valence-corrected chi connectivity index (χ2v) is 7.50. The maximum atomic E-state index is 6.05. The van der Waals surface area contributed by atoms with Crippen molar-refractivity contribution in [1.82, 2.24) is 25.4 Å². The third-order valence-corrected chi connectivity index (χ3v) is 5.08. The highest BCUT2D eigenvalue weighted by Gasteiger charge is 2.17. The monoisotopic (exact) mass is 398 g/mol. The van der Waals surface area contributed by atoms with E-state index in [9.17, 15) is 0 Å². The molecule has 0 aliphatic carbocycles. The van der Waals surface area contributed by atoms with E-state index in [4.69, 9.17) is 9.73 Å². The highest BCUT2D eigenvalue weighted by atomic mass is 16.5. The Balaban J connectivity index is 1.63. The van der Waals surface area contributed by atoms with Crippen molar-refractivity contribution in [3.05, 3.63) is 41.0 Å². The fourth-order valence-electron chi connectivity index (χ4n) is 3.47. The Hall–Kier alpha value is -2.57. The molecule has 1 aliphatic heterocycles. The average Bonchev–Trinajstić information content (AvgIpc) is 3.33. The van der Waals surface area contributed by atoms with E-state index in [0.29, 0.717) is 13.1 Å². The maximum Gasteiger partial charge on any atom is 0.191 e. The summed E-state index contributed by atoms with van der Waals surface area (Å²) in [5.74, 6) is 3.78. The fraction of sp³-hybridized carbons (Fsp3) is 0.591. The molecule has 2 heterocycles. The van der Waals surface area contributed by atoms with Gasteiger partial charge in [0, 0.05) is 25.1 Å². The number of guanidine groups is 1. The fourth-order valence-corrected chi connectivity index (χ4v) is 3.47. The van der Waals surface area contributed by atoms with E-state index in [1.54, 1.807) is 0 Å². The molecular formula is C22H34N6O. The minimum atomic E-state index is 0.566. The van der Waals surface area contributed by atoms with Crippen LogP contribution in [-0.2, 0) is 26.1 Å². The smallest absolute Gasteiger partial charge is 0.191 e. The molecule has 0 fully saturated rings. The molecule has 0 spiro atoms. The topological polar surface area (TPSA) is 76.4 Å². The zero-order chi connectivity index (χ0) is 20.5. The van der Waals surface area contributed by atoms with Crippen molar-refractivity contribution in [3.8, 4) is 5.75 Å². The molecule has 0 saturated heterocycles. The number of aromatic nitrogens is 3. The van der Waals surface area contributed by atoms with Gasteiger partial charge < -0.3 is 19.9 Å². The molecule has 2 aromatic rings. The summed E-state index contributed by atoms with van der Waals surface area (Å²) in [6.07, 6.45) is 5.65. The predicted molar refractivity (Wildman–Crippen MR) is 116 cm³/mol. The number of benzene rings is 1. The minimum Gasteiger partial charge on any atom is -0.493 e. The molecule has 0 saturated carbocycles. The summed E-state index contributed by atoms with van der Waals surface area (Å²) in [7, 11) is 0. The summed E-state index contributed by atoms with van der Waals surface area (Å²) in [5, 5.41) is 15.3. The Morgan fingerprint density at radius 1 is 1.21 bits per heavy atom. The number of nitrogens with zero attached hydrogens (tertiary/aromatic N) is 4. The molecule has 1 aromatic heterocycles. The zero-order valence-electron chi connectivity index (χ0n) is 18.0. The lowest BCUT2D eigenvalue weighted by Crippen LogP contribution is -2.37. The Morgan fingerprint density at radius 3 is 2.93 bits per heavy atom. The van der Waals surface area contributed by atoms with Crippen molar-refractivity contribution in [3.63, 3.8) is 0 Å². The first-order valence-electron chi connectivity index (χ1n) is 10.9. The van der Waals surface area contributed by atoms with Gasteiger partial charge in [0.05, 0.1) is 19.7 Å². The molecule has 0 amide bonds. The Kier molecular flexibility index (Phi) is 7.90. The van der Waals surface area contributed by atoms with Crippen molar-refractivity contribution in [2.24, 2.45) is 4.99 Å². The van der Waals surface area contributed by atoms with E-state index in [1.807, 2.05) is 0 Å². The summed E-state index contributed by atoms with van der Waals surface area (Å²) in [4.78, 5) is 4.77. The quantitative estimate of drug-likeness (QED) is 0.365. The van der Waals surface area contributed by atoms with Crippen LogP contribution in [0, 0.1) is 6.92 Å². The van der Waals surface area contributed by atoms with E-state index in [0.717, 1.165) is 67.9 Å². The van der Waals surface area contributed by atoms with Gasteiger partial charge in [-0.2, -0.15) is 0 Å². The van der Waals surface area contributed by atoms with E-state index in [2.05, 4.69) is 64.4 Å². The van der Waals surface area contributed by atoms with Crippen LogP contribution in [0.25, 0.3) is 0 Å². The molecule has 29 heavy (non-hydrogen) atoms. The van der Waals surface area contributed by atoms with Crippen LogP contribution in [-0.4, -0.2) is 33.9 Å². The average molecular weight is 399 g/mol. The third kappa shape index (κ3) is 5.95. The Morgan fingerprint density at radius 2 is 2.10 bits per heavy atom. The lowest BCUT2D eigenvalue weighted by Gasteiger charge is -2.14. The lowest BCUT2D eigenvalue weighted by atomic mass is 10.1. The van der Waals surface area contributed by atoms with Gasteiger partial charge in [-0.25, -0.2) is 4.99 Å². The number of hydrogen-bond donors (Lipinski definition) is 2. The number of aryl methyl sites for hydroxylation is 2. The van der Waals surface area contributed by atoms with Gasteiger partial charge in [0.2, 0.25) is 0 Å². The standard InChI is InChI=1S/C22H34N6O/c1-4-6-7-13-29-19-14-17(3)10-11-18(19)15-24-22(23-5-2)25-16-21-27-26-20-9-8-12-28(20)21/h10-11,14H,4-9,12-13,15-16H2,1-3H3,(H2,23,24,25). The van der Waals surface area contributed by atoms with Crippen LogP contribution in [0.4, 0.5) is 0 Å². The van der Waals surface area contributed by atoms with Crippen molar-refractivity contribution < 1.29 is 4.74 Å². The molecule has 7 heteroatoms. The predicted octanol–water partition coefficient (Wildman–Crippen LogP) is 3.36. The van der Waals surface area contributed by atoms with E-state index in [-0.39, 0.29) is 0 Å². The third-order valence-electron chi connectivity index (χ3n) is 5.08. The molecule has 2 N–H and O–H groups in total. The minimum absolute atomic E-state index is 0.566. The second kappa shape index (κ2) is 10.8. The summed E-state index contributed by atoms with van der Waals surface area (Å²) in [6.45, 7) is 10.1. The molecule has 1 aromatic carbocycles. The molecule has 158 valence electrons. The molecule has 0 bridgehead atoms. The number of rotatable bonds is 10. The van der Waals surface area contributed by atoms with Gasteiger partial charge in [-0.05, 0) is 38.3 Å². The summed E-state index contributed by atoms with van der Waals surface area (Å²) in [6, 6.07) is 6.34. The van der Waals surface area contributed by atoms with Gasteiger partial charge in [0.15, 0.2) is 11.8 Å². The largest absolute Gasteiger partial charge is 0.493 e. The molecule has 0 atom stereocenters. The zero-order valence-corrected chi connectivity index (χ0v) is 18.0. The van der Waals surface area contributed by atoms with Gasteiger partial charge in [0.1, 0.15) is 11.6 Å². The molecule has 0 radical (unpaired) electrons. The first-order chi connectivity index (χ1) is 14.2. The van der Waals surface area contributed by atoms with Gasteiger partial charge in [-0.1, -0.05) is 31.9 Å². The Labute approximate surface area is 174 Å². The van der Waals surface area contributed by atoms with Gasteiger partial charge in [0.25, 0.3) is 0 Å². The van der Waals surface area contributed by atoms with E-state index < -0.39 is 0 Å². The van der Waals surface area contributed by atoms with Gasteiger partial charge in [-0.3, -0.25) is 0 Å². The van der Waals surface area contributed by atoms with Crippen molar-refractivity contribution in [2.45, 2.75) is 72.5 Å².